The van der Waals surface area contributed by atoms with Crippen molar-refractivity contribution in [2.45, 2.75) is 16.2 Å². The van der Waals surface area contributed by atoms with Crippen molar-refractivity contribution in [1.29, 1.82) is 0 Å². The molecule has 0 spiro atoms. The fourth-order valence-electron chi connectivity index (χ4n) is 3.90. The second-order valence-electron chi connectivity index (χ2n) is 7.34. The fraction of sp³-hybridized carbons (Fsp3) is 0.0370. The summed E-state index contributed by atoms with van der Waals surface area (Å²) >= 11 is 1.53. The minimum Gasteiger partial charge on any atom is -0.289 e. The molecule has 30 heavy (non-hydrogen) atoms. The summed E-state index contributed by atoms with van der Waals surface area (Å²) in [4.78, 5) is 28.2. The Morgan fingerprint density at radius 1 is 0.667 bits per heavy atom. The van der Waals surface area contributed by atoms with Gasteiger partial charge in [-0.15, -0.1) is 0 Å². The van der Waals surface area contributed by atoms with E-state index in [2.05, 4.69) is 30.9 Å². The molecule has 0 N–H and O–H groups in total. The molecule has 0 aliphatic heterocycles. The van der Waals surface area contributed by atoms with Crippen molar-refractivity contribution in [2.75, 3.05) is 0 Å². The van der Waals surface area contributed by atoms with Crippen LogP contribution >= 0.6 is 11.8 Å². The maximum Gasteiger partial charge on any atom is 0.195 e. The molecule has 0 radical (unpaired) electrons. The van der Waals surface area contributed by atoms with Crippen LogP contribution in [0.2, 0.25) is 0 Å². The number of benzene rings is 3. The van der Waals surface area contributed by atoms with Gasteiger partial charge in [0.25, 0.3) is 0 Å². The summed E-state index contributed by atoms with van der Waals surface area (Å²) in [5.41, 5.74) is 5.28. The zero-order chi connectivity index (χ0) is 20.7. The first-order chi connectivity index (χ1) is 14.6. The van der Waals surface area contributed by atoms with Crippen LogP contribution in [0.4, 0.5) is 0 Å². The highest BCUT2D eigenvalue weighted by Crippen LogP contribution is 2.40. The lowest BCUT2D eigenvalue weighted by atomic mass is 9.84. The second-order valence-corrected chi connectivity index (χ2v) is 8.42. The Balaban J connectivity index is 1.59. The molecule has 3 aromatic carbocycles. The maximum atomic E-state index is 13.3. The van der Waals surface area contributed by atoms with Crippen LogP contribution < -0.4 is 0 Å². The van der Waals surface area contributed by atoms with Crippen molar-refractivity contribution in [3.63, 3.8) is 0 Å². The first kappa shape index (κ1) is 18.6. The van der Waals surface area contributed by atoms with E-state index in [1.165, 1.54) is 11.8 Å². The lowest BCUT2D eigenvalue weighted by Crippen LogP contribution is -2.21. The quantitative estimate of drug-likeness (QED) is 0.389. The summed E-state index contributed by atoms with van der Waals surface area (Å²) in [5.74, 6) is -0.179. The average Bonchev–Trinajstić information content (AvgIpc) is 2.78. The van der Waals surface area contributed by atoms with Crippen LogP contribution in [0.25, 0.3) is 5.57 Å². The Morgan fingerprint density at radius 2 is 1.30 bits per heavy atom. The van der Waals surface area contributed by atoms with Crippen LogP contribution in [0.1, 0.15) is 43.8 Å². The van der Waals surface area contributed by atoms with Crippen LogP contribution in [0, 0.1) is 0 Å². The Labute approximate surface area is 179 Å². The van der Waals surface area contributed by atoms with Crippen LogP contribution in [0.5, 0.6) is 0 Å². The second kappa shape index (κ2) is 7.43. The monoisotopic (exact) mass is 406 g/mol. The highest BCUT2D eigenvalue weighted by molar-refractivity contribution is 7.99. The first-order valence-corrected chi connectivity index (χ1v) is 10.6. The molecule has 0 atom stereocenters. The van der Waals surface area contributed by atoms with Crippen molar-refractivity contribution in [1.82, 2.24) is 0 Å². The normalized spacial score (nSPS) is 14.9. The van der Waals surface area contributed by atoms with E-state index >= 15 is 0 Å². The molecule has 0 fully saturated rings. The van der Waals surface area contributed by atoms with E-state index in [-0.39, 0.29) is 11.6 Å². The molecule has 2 aliphatic carbocycles. The SMILES string of the molecule is C=C1C=CC(c2ccccc2Sc2cccc3c2C(=O)c2ccccc2C3=O)=CC1. The highest BCUT2D eigenvalue weighted by atomic mass is 32.2. The molecule has 2 aliphatic rings. The van der Waals surface area contributed by atoms with Gasteiger partial charge in [0, 0.05) is 32.0 Å². The number of rotatable bonds is 3. The third-order valence-electron chi connectivity index (χ3n) is 5.41. The molecule has 3 heteroatoms. The summed E-state index contributed by atoms with van der Waals surface area (Å²) in [6.07, 6.45) is 7.12. The summed E-state index contributed by atoms with van der Waals surface area (Å²) in [5, 5.41) is 0. The van der Waals surface area contributed by atoms with Gasteiger partial charge in [0.05, 0.1) is 0 Å². The molecule has 0 amide bonds. The number of carbonyl (C=O) groups excluding carboxylic acids is 2. The van der Waals surface area contributed by atoms with Gasteiger partial charge in [-0.3, -0.25) is 9.59 Å². The minimum atomic E-state index is -0.0904. The van der Waals surface area contributed by atoms with Gasteiger partial charge in [0.15, 0.2) is 11.6 Å². The molecule has 144 valence electrons. The van der Waals surface area contributed by atoms with Gasteiger partial charge in [-0.2, -0.15) is 0 Å². The molecule has 0 saturated heterocycles. The molecule has 0 aromatic heterocycles. The number of fused-ring (bicyclic) bond motifs is 2. The third kappa shape index (κ3) is 3.08. The summed E-state index contributed by atoms with van der Waals surface area (Å²) < 4.78 is 0. The summed E-state index contributed by atoms with van der Waals surface area (Å²) in [6, 6.07) is 20.7. The van der Waals surface area contributed by atoms with Gasteiger partial charge in [0.2, 0.25) is 0 Å². The van der Waals surface area contributed by atoms with E-state index in [1.807, 2.05) is 30.3 Å². The lowest BCUT2D eigenvalue weighted by Gasteiger charge is -2.20. The molecule has 3 aromatic rings. The van der Waals surface area contributed by atoms with E-state index in [0.717, 1.165) is 32.9 Å². The predicted octanol–water partition coefficient (Wildman–Crippen LogP) is 6.51. The van der Waals surface area contributed by atoms with E-state index in [1.54, 1.807) is 30.3 Å². The Morgan fingerprint density at radius 3 is 2.03 bits per heavy atom. The predicted molar refractivity (Wildman–Crippen MR) is 121 cm³/mol. The zero-order valence-electron chi connectivity index (χ0n) is 16.2. The topological polar surface area (TPSA) is 34.1 Å². The zero-order valence-corrected chi connectivity index (χ0v) is 17.0. The smallest absolute Gasteiger partial charge is 0.195 e. The standard InChI is InChI=1S/C27H18O2S/c1-17-13-15-18(16-14-17)19-7-4-5-11-23(19)30-24-12-6-10-22-25(24)27(29)21-9-3-2-8-20(21)26(22)28/h2-13,15-16H,1,14H2. The van der Waals surface area contributed by atoms with Gasteiger partial charge >= 0.3 is 0 Å². The van der Waals surface area contributed by atoms with Crippen LogP contribution in [0.15, 0.2) is 107 Å². The molecule has 2 nitrogen and oxygen atoms in total. The van der Waals surface area contributed by atoms with Crippen LogP contribution in [-0.4, -0.2) is 11.6 Å². The molecule has 5 rings (SSSR count). The lowest BCUT2D eigenvalue weighted by molar-refractivity contribution is 0.0977. The largest absolute Gasteiger partial charge is 0.289 e. The number of hydrogen-bond acceptors (Lipinski definition) is 3. The van der Waals surface area contributed by atoms with Crippen molar-refractivity contribution in [3.8, 4) is 0 Å². The van der Waals surface area contributed by atoms with Gasteiger partial charge < -0.3 is 0 Å². The number of ketones is 2. The van der Waals surface area contributed by atoms with Crippen LogP contribution in [-0.2, 0) is 0 Å². The number of carbonyl (C=O) groups is 2. The molecular weight excluding hydrogens is 388 g/mol. The van der Waals surface area contributed by atoms with Crippen molar-refractivity contribution in [3.05, 3.63) is 125 Å². The minimum absolute atomic E-state index is 0.0890. The summed E-state index contributed by atoms with van der Waals surface area (Å²) in [6.45, 7) is 4.01. The van der Waals surface area contributed by atoms with Crippen LogP contribution in [0.3, 0.4) is 0 Å². The molecule has 0 saturated carbocycles. The molecule has 0 bridgehead atoms. The Hall–Kier alpha value is -3.43. The van der Waals surface area contributed by atoms with Crippen molar-refractivity contribution >= 4 is 28.9 Å². The number of hydrogen-bond donors (Lipinski definition) is 0. The van der Waals surface area contributed by atoms with Gasteiger partial charge in [-0.05, 0) is 29.7 Å². The van der Waals surface area contributed by atoms with E-state index in [9.17, 15) is 9.59 Å². The van der Waals surface area contributed by atoms with E-state index in [0.29, 0.717) is 22.3 Å². The number of allylic oxidation sites excluding steroid dienone is 5. The van der Waals surface area contributed by atoms with Crippen molar-refractivity contribution < 1.29 is 9.59 Å². The highest BCUT2D eigenvalue weighted by Gasteiger charge is 2.31. The van der Waals surface area contributed by atoms with Gasteiger partial charge in [-0.25, -0.2) is 0 Å². The molecule has 0 unspecified atom stereocenters. The Bertz CT molecular complexity index is 1290. The molecule has 0 heterocycles. The average molecular weight is 407 g/mol. The first-order valence-electron chi connectivity index (χ1n) is 9.78. The van der Waals surface area contributed by atoms with Crippen molar-refractivity contribution in [2.24, 2.45) is 0 Å². The van der Waals surface area contributed by atoms with Gasteiger partial charge in [-0.1, -0.05) is 96.7 Å². The van der Waals surface area contributed by atoms with E-state index in [4.69, 9.17) is 0 Å². The maximum absolute atomic E-state index is 13.3. The Kier molecular flexibility index (Phi) is 4.61. The van der Waals surface area contributed by atoms with Gasteiger partial charge in [0.1, 0.15) is 0 Å². The third-order valence-corrected chi connectivity index (χ3v) is 6.55. The van der Waals surface area contributed by atoms with E-state index < -0.39 is 0 Å². The summed E-state index contributed by atoms with van der Waals surface area (Å²) in [7, 11) is 0. The fourth-order valence-corrected chi connectivity index (χ4v) is 5.03. The molecular formula is C27H18O2S.